The normalized spacial score (nSPS) is 22.6. The summed E-state index contributed by atoms with van der Waals surface area (Å²) in [6.45, 7) is 8.34. The second-order valence-electron chi connectivity index (χ2n) is 15.5. The molecule has 1 spiro atoms. The zero-order valence-electron chi connectivity index (χ0n) is 33.3. The van der Waals surface area contributed by atoms with Gasteiger partial charge in [-0.15, -0.1) is 0 Å². The van der Waals surface area contributed by atoms with Crippen LogP contribution in [0.3, 0.4) is 0 Å². The predicted molar refractivity (Wildman–Crippen MR) is 210 cm³/mol. The minimum Gasteiger partial charge on any atom is -0.481 e. The number of hydrogen-bond acceptors (Lipinski definition) is 14. The molecule has 20 nitrogen and oxygen atoms in total. The third kappa shape index (κ3) is 14.1. The molecule has 1 aliphatic heterocycles. The fourth-order valence-electron chi connectivity index (χ4n) is 6.78. The Labute approximate surface area is 349 Å². The first kappa shape index (κ1) is 49.4. The smallest absolute Gasteiger partial charge is 0.336 e. The molecule has 0 radical (unpaired) electrons. The summed E-state index contributed by atoms with van der Waals surface area (Å²) in [5.41, 5.74) is -2.41. The standard InChI is InChI=1S/C27H36ClN3O3.2C6H8O7/c1-18(2)19-6-10-26(3)25(16-19)32-27(34-33-26)11-7-21(8-12-27)29-14-15-31-23-9-13-30-24-17-20(28)4-5-22(23)24;2*7-3(8)1-6(13,5(11)12)2-4(9)10/h4-5,9,13,16-18,21,25,29H,6-8,10-12,14-15H2,1-3H3,(H,30,31);2*13H,1-2H2,(H,7,8)(H,9,10)(H,11,12). The van der Waals surface area contributed by atoms with E-state index in [4.69, 9.17) is 67.0 Å². The van der Waals surface area contributed by atoms with Crippen LogP contribution in [0, 0.1) is 5.92 Å². The molecule has 0 amide bonds. The summed E-state index contributed by atoms with van der Waals surface area (Å²) in [6, 6.07) is 8.28. The number of rotatable bonds is 16. The number of carbonyl (C=O) groups is 6. The summed E-state index contributed by atoms with van der Waals surface area (Å²) in [6.07, 6.45) is 5.18. The van der Waals surface area contributed by atoms with Crippen LogP contribution in [0.1, 0.15) is 85.0 Å². The Bertz CT molecular complexity index is 1830. The molecule has 1 saturated carbocycles. The van der Waals surface area contributed by atoms with Gasteiger partial charge in [-0.05, 0) is 62.8 Å². The van der Waals surface area contributed by atoms with Crippen LogP contribution in [0.2, 0.25) is 5.02 Å². The van der Waals surface area contributed by atoms with Crippen molar-refractivity contribution in [3.8, 4) is 0 Å². The number of aromatic nitrogens is 1. The van der Waals surface area contributed by atoms with Crippen molar-refractivity contribution in [1.29, 1.82) is 0 Å². The number of nitrogens with one attached hydrogen (secondary N) is 2. The number of carboxylic acid groups (broad SMARTS) is 6. The first-order valence-corrected chi connectivity index (χ1v) is 19.3. The number of pyridine rings is 1. The predicted octanol–water partition coefficient (Wildman–Crippen LogP) is 3.51. The van der Waals surface area contributed by atoms with Crippen LogP contribution in [0.4, 0.5) is 5.69 Å². The molecule has 60 heavy (non-hydrogen) atoms. The van der Waals surface area contributed by atoms with E-state index in [2.05, 4.69) is 42.5 Å². The molecule has 2 aromatic rings. The lowest BCUT2D eigenvalue weighted by molar-refractivity contribution is -0.527. The monoisotopic (exact) mass is 869 g/mol. The van der Waals surface area contributed by atoms with Crippen molar-refractivity contribution in [1.82, 2.24) is 10.3 Å². The van der Waals surface area contributed by atoms with Gasteiger partial charge in [0, 0.05) is 54.3 Å². The number of hydrogen-bond donors (Lipinski definition) is 10. The maximum atomic E-state index is 10.3. The van der Waals surface area contributed by atoms with Crippen LogP contribution in [0.5, 0.6) is 0 Å². The van der Waals surface area contributed by atoms with Gasteiger partial charge in [-0.25, -0.2) is 19.4 Å². The molecular formula is C39H52ClN3O17. The number of allylic oxidation sites excluding steroid dienone is 1. The van der Waals surface area contributed by atoms with Gasteiger partial charge in [0.25, 0.3) is 0 Å². The summed E-state index contributed by atoms with van der Waals surface area (Å²) in [5.74, 6) is -10.1. The number of ether oxygens (including phenoxy) is 1. The van der Waals surface area contributed by atoms with Crippen LogP contribution in [-0.4, -0.2) is 129 Å². The molecule has 332 valence electrons. The van der Waals surface area contributed by atoms with Crippen LogP contribution < -0.4 is 10.6 Å². The fraction of sp³-hybridized carbons (Fsp3) is 0.564. The molecule has 5 rings (SSSR count). The second kappa shape index (κ2) is 21.0. The molecule has 2 aliphatic carbocycles. The van der Waals surface area contributed by atoms with Crippen LogP contribution in [0.25, 0.3) is 10.9 Å². The summed E-state index contributed by atoms with van der Waals surface area (Å²) in [7, 11) is 0. The lowest BCUT2D eigenvalue weighted by Crippen LogP contribution is -2.59. The van der Waals surface area contributed by atoms with Crippen LogP contribution in [0.15, 0.2) is 42.1 Å². The molecule has 21 heteroatoms. The number of benzene rings is 1. The second-order valence-corrected chi connectivity index (χ2v) is 15.9. The van der Waals surface area contributed by atoms with Crippen molar-refractivity contribution in [3.05, 3.63) is 47.1 Å². The van der Waals surface area contributed by atoms with Crippen molar-refractivity contribution in [3.63, 3.8) is 0 Å². The largest absolute Gasteiger partial charge is 0.481 e. The van der Waals surface area contributed by atoms with Gasteiger partial charge in [0.1, 0.15) is 11.7 Å². The number of nitrogens with zero attached hydrogens (tertiary/aromatic N) is 1. The quantitative estimate of drug-likeness (QED) is 0.0655. The highest BCUT2D eigenvalue weighted by Crippen LogP contribution is 2.46. The number of aliphatic hydroxyl groups is 2. The molecule has 2 atom stereocenters. The molecule has 1 aromatic heterocycles. The van der Waals surface area contributed by atoms with E-state index in [-0.39, 0.29) is 11.7 Å². The Kier molecular flexibility index (Phi) is 17.3. The van der Waals surface area contributed by atoms with E-state index < -0.39 is 78.5 Å². The van der Waals surface area contributed by atoms with E-state index in [0.717, 1.165) is 68.2 Å². The van der Waals surface area contributed by atoms with E-state index >= 15 is 0 Å². The molecule has 1 aromatic carbocycles. The number of anilines is 1. The van der Waals surface area contributed by atoms with E-state index in [1.807, 2.05) is 30.5 Å². The van der Waals surface area contributed by atoms with E-state index in [1.54, 1.807) is 0 Å². The lowest BCUT2D eigenvalue weighted by atomic mass is 9.80. The summed E-state index contributed by atoms with van der Waals surface area (Å²) in [5, 5.41) is 76.6. The summed E-state index contributed by atoms with van der Waals surface area (Å²) in [4.78, 5) is 77.3. The summed E-state index contributed by atoms with van der Waals surface area (Å²) >= 11 is 6.10. The third-order valence-electron chi connectivity index (χ3n) is 10.2. The number of halogens is 1. The van der Waals surface area contributed by atoms with Crippen molar-refractivity contribution >= 4 is 64.0 Å². The highest BCUT2D eigenvalue weighted by molar-refractivity contribution is 6.31. The Morgan fingerprint density at radius 2 is 1.35 bits per heavy atom. The minimum atomic E-state index is -2.74. The van der Waals surface area contributed by atoms with Crippen molar-refractivity contribution in [2.75, 3.05) is 18.4 Å². The van der Waals surface area contributed by atoms with Gasteiger partial charge < -0.3 is 56.2 Å². The Balaban J connectivity index is 0.000000306. The highest BCUT2D eigenvalue weighted by atomic mass is 35.5. The molecule has 2 unspecified atom stereocenters. The molecule has 3 aliphatic rings. The number of aliphatic carboxylic acids is 6. The Hall–Kier alpha value is -4.96. The Morgan fingerprint density at radius 1 is 0.817 bits per heavy atom. The van der Waals surface area contributed by atoms with Gasteiger partial charge in [0.15, 0.2) is 11.2 Å². The van der Waals surface area contributed by atoms with Gasteiger partial charge in [0.05, 0.1) is 31.2 Å². The maximum Gasteiger partial charge on any atom is 0.336 e. The SMILES string of the molecule is CC(C)C1=CC2OC3(CCC(NCCNc4ccnc5cc(Cl)ccc45)CC3)OOC2(C)CC1.O=C(O)CC(O)(CC(=O)O)C(=O)O.O=C(O)CC(O)(CC(=O)O)C(=O)O. The van der Waals surface area contributed by atoms with E-state index in [9.17, 15) is 28.8 Å². The van der Waals surface area contributed by atoms with Crippen LogP contribution in [-0.2, 0) is 43.3 Å². The minimum absolute atomic E-state index is 0.0359. The Morgan fingerprint density at radius 3 is 1.83 bits per heavy atom. The molecule has 2 heterocycles. The first-order valence-electron chi connectivity index (χ1n) is 19.0. The van der Waals surface area contributed by atoms with Crippen LogP contribution >= 0.6 is 11.6 Å². The highest BCUT2D eigenvalue weighted by Gasteiger charge is 2.52. The van der Waals surface area contributed by atoms with Gasteiger partial charge in [-0.3, -0.25) is 24.2 Å². The average molecular weight is 870 g/mol. The molecule has 1 saturated heterocycles. The van der Waals surface area contributed by atoms with E-state index in [0.29, 0.717) is 17.0 Å². The molecule has 2 fully saturated rings. The number of fused-ring (bicyclic) bond motifs is 2. The zero-order chi connectivity index (χ0) is 45.1. The molecular weight excluding hydrogens is 818 g/mol. The van der Waals surface area contributed by atoms with Crippen molar-refractivity contribution in [2.24, 2.45) is 5.92 Å². The topological polar surface area (TPSA) is 329 Å². The zero-order valence-corrected chi connectivity index (χ0v) is 34.0. The lowest BCUT2D eigenvalue weighted by Gasteiger charge is -2.51. The molecule has 0 bridgehead atoms. The first-order chi connectivity index (χ1) is 27.9. The third-order valence-corrected chi connectivity index (χ3v) is 10.5. The summed E-state index contributed by atoms with van der Waals surface area (Å²) < 4.78 is 6.60. The maximum absolute atomic E-state index is 10.3. The average Bonchev–Trinajstić information content (AvgIpc) is 3.13. The fourth-order valence-corrected chi connectivity index (χ4v) is 6.95. The van der Waals surface area contributed by atoms with Gasteiger partial charge in [-0.2, -0.15) is 0 Å². The van der Waals surface area contributed by atoms with Crippen molar-refractivity contribution < 1.29 is 84.1 Å². The van der Waals surface area contributed by atoms with Crippen molar-refractivity contribution in [2.45, 2.75) is 120 Å². The van der Waals surface area contributed by atoms with E-state index in [1.165, 1.54) is 5.57 Å². The van der Waals surface area contributed by atoms with Gasteiger partial charge in [0.2, 0.25) is 5.79 Å². The van der Waals surface area contributed by atoms with Gasteiger partial charge in [-0.1, -0.05) is 37.1 Å². The molecule has 10 N–H and O–H groups in total. The van der Waals surface area contributed by atoms with Gasteiger partial charge >= 0.3 is 35.8 Å². The number of carboxylic acids is 6.